The van der Waals surface area contributed by atoms with Crippen molar-refractivity contribution in [2.24, 2.45) is 0 Å². The van der Waals surface area contributed by atoms with E-state index in [1.165, 1.54) is 4.88 Å². The van der Waals surface area contributed by atoms with Crippen molar-refractivity contribution in [3.63, 3.8) is 0 Å². The van der Waals surface area contributed by atoms with Crippen LogP contribution in [0.25, 0.3) is 0 Å². The summed E-state index contributed by atoms with van der Waals surface area (Å²) >= 11 is 1.68. The van der Waals surface area contributed by atoms with Crippen LogP contribution in [0.15, 0.2) is 35.7 Å². The fourth-order valence-corrected chi connectivity index (χ4v) is 3.34. The van der Waals surface area contributed by atoms with E-state index < -0.39 is 0 Å². The van der Waals surface area contributed by atoms with E-state index >= 15 is 0 Å². The molecular formula is C17H18N2O3S. The molecule has 2 heterocycles. The van der Waals surface area contributed by atoms with Gasteiger partial charge in [-0.05, 0) is 36.4 Å². The number of fused-ring (bicyclic) bond motifs is 1. The van der Waals surface area contributed by atoms with Gasteiger partial charge in [-0.2, -0.15) is 0 Å². The van der Waals surface area contributed by atoms with Crippen molar-refractivity contribution >= 4 is 23.1 Å². The van der Waals surface area contributed by atoms with Crippen LogP contribution in [0.1, 0.15) is 17.7 Å². The zero-order valence-electron chi connectivity index (χ0n) is 12.7. The lowest BCUT2D eigenvalue weighted by Crippen LogP contribution is -2.36. The van der Waals surface area contributed by atoms with Gasteiger partial charge in [0.1, 0.15) is 13.2 Å². The van der Waals surface area contributed by atoms with Crippen LogP contribution in [0.2, 0.25) is 0 Å². The predicted octanol–water partition coefficient (Wildman–Crippen LogP) is 3.72. The lowest BCUT2D eigenvalue weighted by Gasteiger charge is -2.23. The number of urea groups is 1. The average Bonchev–Trinajstić information content (AvgIpc) is 3.28. The maximum atomic E-state index is 12.6. The summed E-state index contributed by atoms with van der Waals surface area (Å²) in [6, 6.07) is 9.89. The highest BCUT2D eigenvalue weighted by Crippen LogP contribution is 2.34. The molecule has 1 N–H and O–H groups in total. The van der Waals surface area contributed by atoms with Crippen molar-refractivity contribution in [3.05, 3.63) is 40.6 Å². The Bertz CT molecular complexity index is 698. The Labute approximate surface area is 138 Å². The number of carbonyl (C=O) groups is 1. The molecule has 0 atom stereocenters. The second-order valence-corrected chi connectivity index (χ2v) is 6.76. The Morgan fingerprint density at radius 2 is 2.04 bits per heavy atom. The van der Waals surface area contributed by atoms with E-state index in [1.807, 2.05) is 34.5 Å². The number of thiophene rings is 1. The second kappa shape index (κ2) is 6.12. The topological polar surface area (TPSA) is 50.8 Å². The van der Waals surface area contributed by atoms with E-state index in [0.29, 0.717) is 31.5 Å². The van der Waals surface area contributed by atoms with Crippen molar-refractivity contribution in [1.82, 2.24) is 4.90 Å². The number of anilines is 1. The highest BCUT2D eigenvalue weighted by molar-refractivity contribution is 7.09. The van der Waals surface area contributed by atoms with Gasteiger partial charge in [0.25, 0.3) is 0 Å². The molecule has 0 radical (unpaired) electrons. The zero-order chi connectivity index (χ0) is 15.6. The van der Waals surface area contributed by atoms with Crippen molar-refractivity contribution in [3.8, 4) is 11.5 Å². The highest BCUT2D eigenvalue weighted by Gasteiger charge is 2.33. The molecule has 2 amide bonds. The van der Waals surface area contributed by atoms with Gasteiger partial charge in [0.05, 0.1) is 6.54 Å². The number of nitrogens with one attached hydrogen (secondary N) is 1. The van der Waals surface area contributed by atoms with E-state index in [1.54, 1.807) is 11.3 Å². The van der Waals surface area contributed by atoms with Gasteiger partial charge >= 0.3 is 6.03 Å². The molecule has 1 aromatic carbocycles. The normalized spacial score (nSPS) is 16.0. The number of nitrogens with zero attached hydrogens (tertiary/aromatic N) is 1. The standard InChI is InChI=1S/C17H18N2O3S/c20-17(19(13-4-5-13)11-14-2-1-9-23-14)18-12-3-6-15-16(10-12)22-8-7-21-15/h1-3,6,9-10,13H,4-5,7-8,11H2,(H,18,20). The molecule has 6 heteroatoms. The van der Waals surface area contributed by atoms with Crippen LogP contribution in [0.4, 0.5) is 10.5 Å². The number of amides is 2. The van der Waals surface area contributed by atoms with E-state index in [2.05, 4.69) is 11.4 Å². The molecule has 1 aliphatic heterocycles. The van der Waals surface area contributed by atoms with Crippen LogP contribution >= 0.6 is 11.3 Å². The summed E-state index contributed by atoms with van der Waals surface area (Å²) in [4.78, 5) is 15.8. The maximum absolute atomic E-state index is 12.6. The van der Waals surface area contributed by atoms with Crippen LogP contribution in [-0.4, -0.2) is 30.2 Å². The minimum Gasteiger partial charge on any atom is -0.486 e. The first-order valence-corrected chi connectivity index (χ1v) is 8.67. The maximum Gasteiger partial charge on any atom is 0.322 e. The third-order valence-electron chi connectivity index (χ3n) is 3.95. The Kier molecular flexibility index (Phi) is 3.83. The molecule has 23 heavy (non-hydrogen) atoms. The fourth-order valence-electron chi connectivity index (χ4n) is 2.64. The third kappa shape index (κ3) is 3.27. The smallest absolute Gasteiger partial charge is 0.322 e. The number of benzene rings is 1. The number of carbonyl (C=O) groups excluding carboxylic acids is 1. The van der Waals surface area contributed by atoms with Gasteiger partial charge in [-0.15, -0.1) is 11.3 Å². The lowest BCUT2D eigenvalue weighted by molar-refractivity contribution is 0.171. The van der Waals surface area contributed by atoms with Gasteiger partial charge in [0.15, 0.2) is 11.5 Å². The van der Waals surface area contributed by atoms with E-state index in [-0.39, 0.29) is 6.03 Å². The molecule has 2 aromatic rings. The summed E-state index contributed by atoms with van der Waals surface area (Å²) in [5.74, 6) is 1.41. The van der Waals surface area contributed by atoms with Gasteiger partial charge in [-0.1, -0.05) is 6.07 Å². The molecule has 1 fully saturated rings. The van der Waals surface area contributed by atoms with E-state index in [4.69, 9.17) is 9.47 Å². The molecule has 0 saturated heterocycles. The summed E-state index contributed by atoms with van der Waals surface area (Å²) in [6.45, 7) is 1.77. The molecule has 0 unspecified atom stereocenters. The van der Waals surface area contributed by atoms with Crippen molar-refractivity contribution < 1.29 is 14.3 Å². The molecule has 1 saturated carbocycles. The van der Waals surface area contributed by atoms with Gasteiger partial charge in [-0.3, -0.25) is 0 Å². The molecule has 1 aliphatic carbocycles. The Morgan fingerprint density at radius 3 is 2.78 bits per heavy atom. The van der Waals surface area contributed by atoms with Crippen LogP contribution in [0.3, 0.4) is 0 Å². The summed E-state index contributed by atoms with van der Waals surface area (Å²) in [5.41, 5.74) is 0.732. The molecular weight excluding hydrogens is 312 g/mol. The third-order valence-corrected chi connectivity index (χ3v) is 4.81. The van der Waals surface area contributed by atoms with Crippen LogP contribution in [0, 0.1) is 0 Å². The van der Waals surface area contributed by atoms with Crippen LogP contribution in [0.5, 0.6) is 11.5 Å². The predicted molar refractivity (Wildman–Crippen MR) is 89.3 cm³/mol. The molecule has 0 spiro atoms. The number of hydrogen-bond donors (Lipinski definition) is 1. The van der Waals surface area contributed by atoms with E-state index in [0.717, 1.165) is 24.3 Å². The van der Waals surface area contributed by atoms with Crippen molar-refractivity contribution in [1.29, 1.82) is 0 Å². The quantitative estimate of drug-likeness (QED) is 0.929. The number of hydrogen-bond acceptors (Lipinski definition) is 4. The van der Waals surface area contributed by atoms with E-state index in [9.17, 15) is 4.79 Å². The summed E-state index contributed by atoms with van der Waals surface area (Å²) in [6.07, 6.45) is 2.17. The number of ether oxygens (including phenoxy) is 2. The van der Waals surface area contributed by atoms with Crippen LogP contribution in [-0.2, 0) is 6.54 Å². The Balaban J connectivity index is 1.47. The molecule has 120 valence electrons. The molecule has 2 aliphatic rings. The van der Waals surface area contributed by atoms with Gasteiger partial charge < -0.3 is 19.7 Å². The first-order chi connectivity index (χ1) is 11.3. The lowest BCUT2D eigenvalue weighted by atomic mass is 10.2. The largest absolute Gasteiger partial charge is 0.486 e. The minimum atomic E-state index is -0.0578. The summed E-state index contributed by atoms with van der Waals surface area (Å²) in [7, 11) is 0. The van der Waals surface area contributed by atoms with Gasteiger partial charge in [0.2, 0.25) is 0 Å². The monoisotopic (exact) mass is 330 g/mol. The highest BCUT2D eigenvalue weighted by atomic mass is 32.1. The molecule has 1 aromatic heterocycles. The van der Waals surface area contributed by atoms with Gasteiger partial charge in [0, 0.05) is 22.7 Å². The zero-order valence-corrected chi connectivity index (χ0v) is 13.5. The fraction of sp³-hybridized carbons (Fsp3) is 0.353. The second-order valence-electron chi connectivity index (χ2n) is 5.73. The number of rotatable bonds is 4. The van der Waals surface area contributed by atoms with Gasteiger partial charge in [-0.25, -0.2) is 4.79 Å². The first-order valence-electron chi connectivity index (χ1n) is 7.79. The van der Waals surface area contributed by atoms with Crippen LogP contribution < -0.4 is 14.8 Å². The SMILES string of the molecule is O=C(Nc1ccc2c(c1)OCCO2)N(Cc1cccs1)C1CC1. The summed E-state index contributed by atoms with van der Waals surface area (Å²) < 4.78 is 11.1. The molecule has 5 nitrogen and oxygen atoms in total. The minimum absolute atomic E-state index is 0.0578. The first kappa shape index (κ1) is 14.4. The van der Waals surface area contributed by atoms with Crippen molar-refractivity contribution in [2.45, 2.75) is 25.4 Å². The molecule has 4 rings (SSSR count). The average molecular weight is 330 g/mol. The Hall–Kier alpha value is -2.21. The van der Waals surface area contributed by atoms with Crippen molar-refractivity contribution in [2.75, 3.05) is 18.5 Å². The Morgan fingerprint density at radius 1 is 1.22 bits per heavy atom. The summed E-state index contributed by atoms with van der Waals surface area (Å²) in [5, 5.41) is 5.02. The molecule has 0 bridgehead atoms.